The first kappa shape index (κ1) is 25.5. The van der Waals surface area contributed by atoms with E-state index in [9.17, 15) is 18.0 Å². The number of sulfonamides is 1. The van der Waals surface area contributed by atoms with E-state index in [2.05, 4.69) is 4.72 Å². The van der Waals surface area contributed by atoms with Crippen LogP contribution >= 0.6 is 0 Å². The minimum absolute atomic E-state index is 0.0499. The summed E-state index contributed by atoms with van der Waals surface area (Å²) in [7, 11) is -3.96. The molecule has 0 saturated carbocycles. The van der Waals surface area contributed by atoms with Gasteiger partial charge in [-0.15, -0.1) is 0 Å². The fourth-order valence-corrected chi connectivity index (χ4v) is 4.90. The lowest BCUT2D eigenvalue weighted by Gasteiger charge is -2.36. The molecule has 0 radical (unpaired) electrons. The molecule has 34 heavy (non-hydrogen) atoms. The smallest absolute Gasteiger partial charge is 0.409 e. The third kappa shape index (κ3) is 6.71. The Hall–Kier alpha value is -3.11. The second-order valence-electron chi connectivity index (χ2n) is 7.78. The standard InChI is InChI=1S/C24H31N3O6S/c1-3-32-20-10-12-21(13-11-20)34(30,31)25-22(18-19-8-6-5-7-9-19)23(28)26-14-16-27(17-15-26)24(29)33-4-2/h5-13,22,25H,3-4,14-18H2,1-2H3/t22-/m1/s1. The highest BCUT2D eigenvalue weighted by atomic mass is 32.2. The maximum atomic E-state index is 13.4. The van der Waals surface area contributed by atoms with Gasteiger partial charge < -0.3 is 19.3 Å². The van der Waals surface area contributed by atoms with Crippen LogP contribution in [0.4, 0.5) is 4.79 Å². The third-order valence-corrected chi connectivity index (χ3v) is 6.93. The maximum absolute atomic E-state index is 13.4. The van der Waals surface area contributed by atoms with Crippen LogP contribution < -0.4 is 9.46 Å². The molecule has 0 aromatic heterocycles. The molecule has 184 valence electrons. The van der Waals surface area contributed by atoms with E-state index in [-0.39, 0.29) is 23.8 Å². The van der Waals surface area contributed by atoms with Crippen molar-refractivity contribution < 1.29 is 27.5 Å². The topological polar surface area (TPSA) is 105 Å². The van der Waals surface area contributed by atoms with Crippen LogP contribution in [-0.2, 0) is 26.0 Å². The summed E-state index contributed by atoms with van der Waals surface area (Å²) in [5.41, 5.74) is 0.834. The first-order valence-electron chi connectivity index (χ1n) is 11.3. The number of benzene rings is 2. The van der Waals surface area contributed by atoms with E-state index in [1.54, 1.807) is 28.9 Å². The number of carbonyl (C=O) groups excluding carboxylic acids is 2. The minimum atomic E-state index is -3.96. The van der Waals surface area contributed by atoms with E-state index in [1.807, 2.05) is 37.3 Å². The van der Waals surface area contributed by atoms with Crippen molar-refractivity contribution in [3.8, 4) is 5.75 Å². The summed E-state index contributed by atoms with van der Waals surface area (Å²) in [5.74, 6) is 0.236. The van der Waals surface area contributed by atoms with Crippen molar-refractivity contribution in [1.82, 2.24) is 14.5 Å². The normalized spacial score (nSPS) is 15.0. The fourth-order valence-electron chi connectivity index (χ4n) is 3.71. The van der Waals surface area contributed by atoms with E-state index >= 15 is 0 Å². The van der Waals surface area contributed by atoms with Gasteiger partial charge in [-0.05, 0) is 50.1 Å². The summed E-state index contributed by atoms with van der Waals surface area (Å²) in [6, 6.07) is 14.3. The summed E-state index contributed by atoms with van der Waals surface area (Å²) in [6.07, 6.45) is -0.208. The molecule has 1 atom stereocenters. The molecule has 0 aliphatic carbocycles. The Kier molecular flexibility index (Phi) is 8.89. The van der Waals surface area contributed by atoms with Crippen LogP contribution in [0.25, 0.3) is 0 Å². The molecule has 2 amide bonds. The molecule has 1 aliphatic rings. The van der Waals surface area contributed by atoms with Crippen LogP contribution in [0.2, 0.25) is 0 Å². The molecule has 1 aliphatic heterocycles. The maximum Gasteiger partial charge on any atom is 0.409 e. The summed E-state index contributed by atoms with van der Waals surface area (Å²) in [6.45, 7) is 5.59. The molecule has 0 unspecified atom stereocenters. The van der Waals surface area contributed by atoms with Gasteiger partial charge in [-0.25, -0.2) is 13.2 Å². The van der Waals surface area contributed by atoms with Gasteiger partial charge in [0.25, 0.3) is 0 Å². The van der Waals surface area contributed by atoms with Crippen molar-refractivity contribution >= 4 is 22.0 Å². The SMILES string of the molecule is CCOC(=O)N1CCN(C(=O)[C@@H](Cc2ccccc2)NS(=O)(=O)c2ccc(OCC)cc2)CC1. The van der Waals surface area contributed by atoms with Crippen LogP contribution in [0.1, 0.15) is 19.4 Å². The molecule has 1 heterocycles. The lowest BCUT2D eigenvalue weighted by molar-refractivity contribution is -0.134. The van der Waals surface area contributed by atoms with Gasteiger partial charge in [0.15, 0.2) is 0 Å². The zero-order chi connectivity index (χ0) is 24.6. The van der Waals surface area contributed by atoms with Gasteiger partial charge >= 0.3 is 6.09 Å². The Morgan fingerprint density at radius 2 is 1.53 bits per heavy atom. The average Bonchev–Trinajstić information content (AvgIpc) is 2.84. The number of rotatable bonds is 9. The zero-order valence-electron chi connectivity index (χ0n) is 19.5. The van der Waals surface area contributed by atoms with E-state index in [4.69, 9.17) is 9.47 Å². The number of nitrogens with one attached hydrogen (secondary N) is 1. The van der Waals surface area contributed by atoms with E-state index in [0.717, 1.165) is 5.56 Å². The Morgan fingerprint density at radius 3 is 2.12 bits per heavy atom. The number of amides is 2. The molecule has 2 aromatic rings. The highest BCUT2D eigenvalue weighted by Crippen LogP contribution is 2.18. The monoisotopic (exact) mass is 489 g/mol. The van der Waals surface area contributed by atoms with Crippen molar-refractivity contribution in [2.45, 2.75) is 31.2 Å². The molecule has 1 fully saturated rings. The second-order valence-corrected chi connectivity index (χ2v) is 9.49. The highest BCUT2D eigenvalue weighted by Gasteiger charge is 2.32. The van der Waals surface area contributed by atoms with Gasteiger partial charge in [-0.3, -0.25) is 4.79 Å². The number of hydrogen-bond donors (Lipinski definition) is 1. The molecule has 2 aromatic carbocycles. The van der Waals surface area contributed by atoms with Crippen molar-refractivity contribution in [2.75, 3.05) is 39.4 Å². The largest absolute Gasteiger partial charge is 0.494 e. The van der Waals surface area contributed by atoms with Gasteiger partial charge in [0.05, 0.1) is 18.1 Å². The van der Waals surface area contributed by atoms with Gasteiger partial charge in [0, 0.05) is 26.2 Å². The average molecular weight is 490 g/mol. The van der Waals surface area contributed by atoms with Crippen LogP contribution in [0.5, 0.6) is 5.75 Å². The predicted molar refractivity (Wildman–Crippen MR) is 127 cm³/mol. The number of piperazine rings is 1. The van der Waals surface area contributed by atoms with Crippen LogP contribution in [0.3, 0.4) is 0 Å². The predicted octanol–water partition coefficient (Wildman–Crippen LogP) is 2.28. The van der Waals surface area contributed by atoms with Crippen molar-refractivity contribution in [2.24, 2.45) is 0 Å². The summed E-state index contributed by atoms with van der Waals surface area (Å²) in [5, 5.41) is 0. The minimum Gasteiger partial charge on any atom is -0.494 e. The number of hydrogen-bond acceptors (Lipinski definition) is 6. The van der Waals surface area contributed by atoms with Gasteiger partial charge in [-0.2, -0.15) is 4.72 Å². The molecular weight excluding hydrogens is 458 g/mol. The zero-order valence-corrected chi connectivity index (χ0v) is 20.3. The quantitative estimate of drug-likeness (QED) is 0.579. The van der Waals surface area contributed by atoms with E-state index in [1.165, 1.54) is 12.1 Å². The molecule has 1 N–H and O–H groups in total. The molecule has 10 heteroatoms. The molecule has 0 bridgehead atoms. The van der Waals surface area contributed by atoms with Gasteiger partial charge in [0.2, 0.25) is 15.9 Å². The van der Waals surface area contributed by atoms with Gasteiger partial charge in [0.1, 0.15) is 11.8 Å². The van der Waals surface area contributed by atoms with Crippen molar-refractivity contribution in [3.63, 3.8) is 0 Å². The number of nitrogens with zero attached hydrogens (tertiary/aromatic N) is 2. The first-order valence-corrected chi connectivity index (χ1v) is 12.8. The van der Waals surface area contributed by atoms with Gasteiger partial charge in [-0.1, -0.05) is 30.3 Å². The molecule has 9 nitrogen and oxygen atoms in total. The number of ether oxygens (including phenoxy) is 2. The van der Waals surface area contributed by atoms with E-state index < -0.39 is 22.2 Å². The summed E-state index contributed by atoms with van der Waals surface area (Å²) < 4.78 is 39.2. The lowest BCUT2D eigenvalue weighted by atomic mass is 10.1. The molecule has 1 saturated heterocycles. The number of carbonyl (C=O) groups is 2. The molecular formula is C24H31N3O6S. The van der Waals surface area contributed by atoms with Crippen molar-refractivity contribution in [3.05, 3.63) is 60.2 Å². The lowest BCUT2D eigenvalue weighted by Crippen LogP contribution is -2.56. The van der Waals surface area contributed by atoms with Crippen LogP contribution in [-0.4, -0.2) is 75.7 Å². The summed E-state index contributed by atoms with van der Waals surface area (Å²) in [4.78, 5) is 28.5. The molecule has 3 rings (SSSR count). The Labute approximate surface area is 200 Å². The van der Waals surface area contributed by atoms with Crippen LogP contribution in [0.15, 0.2) is 59.5 Å². The van der Waals surface area contributed by atoms with Crippen molar-refractivity contribution in [1.29, 1.82) is 0 Å². The Morgan fingerprint density at radius 1 is 0.912 bits per heavy atom. The molecule has 0 spiro atoms. The second kappa shape index (κ2) is 11.8. The van der Waals surface area contributed by atoms with Crippen LogP contribution in [0, 0.1) is 0 Å². The fraction of sp³-hybridized carbons (Fsp3) is 0.417. The van der Waals surface area contributed by atoms with E-state index in [0.29, 0.717) is 38.5 Å². The Balaban J connectivity index is 1.76. The highest BCUT2D eigenvalue weighted by molar-refractivity contribution is 7.89. The summed E-state index contributed by atoms with van der Waals surface area (Å²) >= 11 is 0. The third-order valence-electron chi connectivity index (χ3n) is 5.44. The Bertz CT molecular complexity index is 1050. The first-order chi connectivity index (χ1) is 16.3.